The summed E-state index contributed by atoms with van der Waals surface area (Å²) in [4.78, 5) is 0. The lowest BCUT2D eigenvalue weighted by Gasteiger charge is -1.62. The molecule has 6 heavy (non-hydrogen) atoms. The van der Waals surface area contributed by atoms with E-state index >= 15 is 0 Å². The third-order valence-electron chi connectivity index (χ3n) is 0.573. The van der Waals surface area contributed by atoms with Crippen LogP contribution in [-0.2, 0) is 0 Å². The van der Waals surface area contributed by atoms with Gasteiger partial charge in [-0.25, -0.2) is 0 Å². The average Bonchev–Trinajstić information content (AvgIpc) is 1.61. The minimum atomic E-state index is 0.121. The summed E-state index contributed by atoms with van der Waals surface area (Å²) in [6, 6.07) is 0. The van der Waals surface area contributed by atoms with Gasteiger partial charge < -0.3 is 0 Å². The monoisotopic (exact) mass is 80.1 g/mol. The van der Waals surface area contributed by atoms with Gasteiger partial charge in [0.05, 0.1) is 6.08 Å². The van der Waals surface area contributed by atoms with Gasteiger partial charge in [0.2, 0.25) is 0 Å². The van der Waals surface area contributed by atoms with Crippen molar-refractivity contribution < 1.29 is 0 Å². The smallest absolute Gasteiger partial charge is 0.147 e. The second-order valence-electron chi connectivity index (χ2n) is 1.19. The van der Waals surface area contributed by atoms with Gasteiger partial charge >= 0.3 is 0 Å². The van der Waals surface area contributed by atoms with Crippen molar-refractivity contribution in [2.24, 2.45) is 0 Å². The van der Waals surface area contributed by atoms with Crippen LogP contribution in [0.15, 0.2) is 18.7 Å². The molecule has 0 spiro atoms. The van der Waals surface area contributed by atoms with Gasteiger partial charge in [0.25, 0.3) is 0 Å². The molecule has 0 aliphatic carbocycles. The fraction of sp³-hybridized carbons (Fsp3) is 0.200. The number of hydrogen-bond donors (Lipinski definition) is 0. The van der Waals surface area contributed by atoms with E-state index in [-0.39, 0.29) is 7.28 Å². The topological polar surface area (TPSA) is 0 Å². The standard InChI is InChI=1S/C5H9B/c1-3-4-5-6-2/h3-4H,1,6H2,2H3. The van der Waals surface area contributed by atoms with Gasteiger partial charge in [-0.2, -0.15) is 12.8 Å². The predicted molar refractivity (Wildman–Crippen MR) is 32.4 cm³/mol. The minimum absolute atomic E-state index is 0.121. The molecule has 0 saturated heterocycles. The van der Waals surface area contributed by atoms with Crippen molar-refractivity contribution in [3.05, 3.63) is 24.7 Å². The molecule has 0 aromatic heterocycles. The summed E-state index contributed by atoms with van der Waals surface area (Å²) in [6.45, 7) is 5.67. The van der Waals surface area contributed by atoms with Crippen molar-refractivity contribution >= 4 is 7.28 Å². The summed E-state index contributed by atoms with van der Waals surface area (Å²) < 4.78 is 0. The Labute approximate surface area is 39.8 Å². The van der Waals surface area contributed by atoms with E-state index in [1.807, 2.05) is 6.08 Å². The van der Waals surface area contributed by atoms with Gasteiger partial charge in [0.1, 0.15) is 13.4 Å². The number of rotatable bonds is 2. The first-order chi connectivity index (χ1) is 2.91. The molecule has 0 atom stereocenters. The molecule has 0 aromatic rings. The van der Waals surface area contributed by atoms with Crippen LogP contribution in [0.1, 0.15) is 0 Å². The molecule has 0 aromatic carbocycles. The van der Waals surface area contributed by atoms with E-state index in [1.165, 1.54) is 0 Å². The maximum Gasteiger partial charge on any atom is 0.147 e. The Morgan fingerprint density at radius 3 is 2.67 bits per heavy atom. The summed E-state index contributed by atoms with van der Waals surface area (Å²) in [7, 11) is 0.121. The molecule has 0 bridgehead atoms. The quantitative estimate of drug-likeness (QED) is 0.260. The Balaban J connectivity index is 2.94. The molecule has 0 amide bonds. The molecule has 0 heterocycles. The van der Waals surface area contributed by atoms with Crippen molar-refractivity contribution in [3.8, 4) is 0 Å². The molecule has 0 N–H and O–H groups in total. The van der Waals surface area contributed by atoms with E-state index in [9.17, 15) is 0 Å². The number of allylic oxidation sites excluding steroid dienone is 2. The average molecular weight is 79.9 g/mol. The third kappa shape index (κ3) is 3.45. The van der Waals surface area contributed by atoms with E-state index in [1.54, 1.807) is 6.08 Å². The molecule has 1 heteroatoms. The molecule has 0 rings (SSSR count). The van der Waals surface area contributed by atoms with Gasteiger partial charge in [-0.15, -0.1) is 0 Å². The van der Waals surface area contributed by atoms with Crippen LogP contribution in [0, 0.1) is 5.98 Å². The highest BCUT2D eigenvalue weighted by Crippen LogP contribution is 1.65. The third-order valence-corrected chi connectivity index (χ3v) is 0.573. The fourth-order valence-electron chi connectivity index (χ4n) is 0.285. The molecule has 0 unspecified atom stereocenters. The molecule has 0 nitrogen and oxygen atoms in total. The van der Waals surface area contributed by atoms with Crippen LogP contribution in [0.2, 0.25) is 6.82 Å². The van der Waals surface area contributed by atoms with Crippen LogP contribution in [0.25, 0.3) is 0 Å². The van der Waals surface area contributed by atoms with Gasteiger partial charge in [-0.3, -0.25) is 0 Å². The first-order valence-corrected chi connectivity index (χ1v) is 2.53. The molecule has 0 fully saturated rings. The zero-order valence-electron chi connectivity index (χ0n) is 4.36. The van der Waals surface area contributed by atoms with Gasteiger partial charge in [0, 0.05) is 0 Å². The predicted octanol–water partition coefficient (Wildman–Crippen LogP) is 0.706. The zero-order chi connectivity index (χ0) is 4.83. The maximum absolute atomic E-state index is 3.50. The molecule has 0 radical (unpaired) electrons. The van der Waals surface area contributed by atoms with Gasteiger partial charge in [-0.05, 0) is 6.58 Å². The van der Waals surface area contributed by atoms with E-state index in [4.69, 9.17) is 0 Å². The second-order valence-corrected chi connectivity index (χ2v) is 1.19. The minimum Gasteiger partial charge on any atom is -0.180 e. The molecule has 32 valence electrons. The van der Waals surface area contributed by atoms with Crippen molar-refractivity contribution in [3.63, 3.8) is 0 Å². The van der Waals surface area contributed by atoms with E-state index in [0.29, 0.717) is 0 Å². The molecule has 0 saturated carbocycles. The molecular weight excluding hydrogens is 70.9 g/mol. The van der Waals surface area contributed by atoms with Crippen LogP contribution in [0.5, 0.6) is 0 Å². The Bertz CT molecular complexity index is 55.0. The maximum atomic E-state index is 3.50. The SMILES string of the molecule is C=CC=[C+][BH2-]C. The van der Waals surface area contributed by atoms with Crippen LogP contribution < -0.4 is 0 Å². The first-order valence-electron chi connectivity index (χ1n) is 2.53. The Morgan fingerprint density at radius 2 is 2.50 bits per heavy atom. The van der Waals surface area contributed by atoms with Gasteiger partial charge in [-0.1, -0.05) is 0 Å². The van der Waals surface area contributed by atoms with E-state index < -0.39 is 0 Å². The van der Waals surface area contributed by atoms with Crippen LogP contribution in [0.3, 0.4) is 0 Å². The van der Waals surface area contributed by atoms with Crippen LogP contribution >= 0.6 is 0 Å². The first kappa shape index (κ1) is 5.45. The second kappa shape index (κ2) is 4.45. The Hall–Kier alpha value is -0.545. The van der Waals surface area contributed by atoms with Crippen molar-refractivity contribution in [2.75, 3.05) is 0 Å². The van der Waals surface area contributed by atoms with E-state index in [0.717, 1.165) is 0 Å². The van der Waals surface area contributed by atoms with Gasteiger partial charge in [0.15, 0.2) is 0 Å². The van der Waals surface area contributed by atoms with Crippen LogP contribution in [-0.4, -0.2) is 7.28 Å². The van der Waals surface area contributed by atoms with Crippen molar-refractivity contribution in [2.45, 2.75) is 6.82 Å². The summed E-state index contributed by atoms with van der Waals surface area (Å²) in [5.41, 5.74) is 0. The normalized spacial score (nSPS) is 8.17. The lowest BCUT2D eigenvalue weighted by Crippen LogP contribution is -1.67. The molecular formula is C5H9B. The lowest BCUT2D eigenvalue weighted by atomic mass is 9.83. The highest BCUT2D eigenvalue weighted by atomic mass is 13.5. The fourth-order valence-corrected chi connectivity index (χ4v) is 0.285. The highest BCUT2D eigenvalue weighted by molar-refractivity contribution is 6.37. The summed E-state index contributed by atoms with van der Waals surface area (Å²) in [6.07, 6.45) is 3.63. The number of hydrogen-bond acceptors (Lipinski definition) is 0. The van der Waals surface area contributed by atoms with Crippen LogP contribution in [0.4, 0.5) is 0 Å². The molecule has 0 aliphatic rings. The van der Waals surface area contributed by atoms with E-state index in [2.05, 4.69) is 19.4 Å². The Kier molecular flexibility index (Phi) is 4.05. The largest absolute Gasteiger partial charge is 0.180 e. The summed E-state index contributed by atoms with van der Waals surface area (Å²) in [5.74, 6) is 3.08. The zero-order valence-corrected chi connectivity index (χ0v) is 4.36. The lowest BCUT2D eigenvalue weighted by molar-refractivity contribution is 2.02. The Morgan fingerprint density at radius 1 is 1.83 bits per heavy atom. The van der Waals surface area contributed by atoms with Crippen molar-refractivity contribution in [1.29, 1.82) is 0 Å². The summed E-state index contributed by atoms with van der Waals surface area (Å²) in [5, 5.41) is 0. The molecule has 0 aliphatic heterocycles. The van der Waals surface area contributed by atoms with Crippen molar-refractivity contribution in [1.82, 2.24) is 0 Å². The highest BCUT2D eigenvalue weighted by Gasteiger charge is 1.62. The summed E-state index contributed by atoms with van der Waals surface area (Å²) >= 11 is 0.